The molecule has 2 aromatic rings. The Morgan fingerprint density at radius 1 is 1.15 bits per heavy atom. The minimum absolute atomic E-state index is 0.0143. The summed E-state index contributed by atoms with van der Waals surface area (Å²) < 4.78 is 71.6. The lowest BCUT2D eigenvalue weighted by Crippen LogP contribution is -2.46. The number of amides is 1. The lowest BCUT2D eigenvalue weighted by atomic mass is 9.82. The number of hydrogen-bond donors (Lipinski definition) is 1. The van der Waals surface area contributed by atoms with Gasteiger partial charge in [-0.2, -0.15) is 0 Å². The van der Waals surface area contributed by atoms with Crippen molar-refractivity contribution in [2.75, 3.05) is 13.2 Å². The van der Waals surface area contributed by atoms with Gasteiger partial charge in [0.2, 0.25) is 11.8 Å². The van der Waals surface area contributed by atoms with Gasteiger partial charge in [-0.05, 0) is 37.1 Å². The third kappa shape index (κ3) is 6.33. The summed E-state index contributed by atoms with van der Waals surface area (Å²) in [5.74, 6) is -0.322. The van der Waals surface area contributed by atoms with Crippen LogP contribution in [0.25, 0.3) is 0 Å². The molecule has 1 aliphatic heterocycles. The number of alkyl halides is 4. The monoisotopic (exact) mass is 493 g/mol. The zero-order chi connectivity index (χ0) is 23.6. The molecule has 4 rings (SSSR count). The minimum Gasteiger partial charge on any atom is -0.484 e. The van der Waals surface area contributed by atoms with E-state index in [9.17, 15) is 22.4 Å². The van der Waals surface area contributed by atoms with Crippen LogP contribution < -0.4 is 10.1 Å². The third-order valence-corrected chi connectivity index (χ3v) is 5.56. The number of benzene rings is 1. The SMILES string of the molecule is O=C(COc1ccc(Cl)cc1)N[C@H]1CO[C@H](c2nnc([C@H]3C[C@@H](OC(F)(F)F)C3)o2)[C@H](F)C1. The third-order valence-electron chi connectivity index (χ3n) is 5.31. The van der Waals surface area contributed by atoms with Gasteiger partial charge in [0.25, 0.3) is 5.91 Å². The topological polar surface area (TPSA) is 95.7 Å². The van der Waals surface area contributed by atoms with E-state index < -0.39 is 36.7 Å². The first-order valence-corrected chi connectivity index (χ1v) is 10.6. The molecule has 1 aromatic heterocycles. The van der Waals surface area contributed by atoms with E-state index in [1.54, 1.807) is 24.3 Å². The second-order valence-corrected chi connectivity index (χ2v) is 8.28. The van der Waals surface area contributed by atoms with Crippen LogP contribution in [0.3, 0.4) is 0 Å². The number of carbonyl (C=O) groups excluding carboxylic acids is 1. The molecule has 1 aliphatic carbocycles. The van der Waals surface area contributed by atoms with Crippen molar-refractivity contribution < 1.29 is 41.0 Å². The maximum atomic E-state index is 14.7. The fraction of sp³-hybridized carbons (Fsp3) is 0.550. The molecule has 13 heteroatoms. The lowest BCUT2D eigenvalue weighted by Gasteiger charge is -2.33. The summed E-state index contributed by atoms with van der Waals surface area (Å²) >= 11 is 5.78. The Kier molecular flexibility index (Phi) is 7.05. The van der Waals surface area contributed by atoms with E-state index in [0.717, 1.165) is 0 Å². The van der Waals surface area contributed by atoms with E-state index in [1.165, 1.54) is 0 Å². The van der Waals surface area contributed by atoms with Crippen LogP contribution in [0.15, 0.2) is 28.7 Å². The van der Waals surface area contributed by atoms with Crippen LogP contribution in [0.2, 0.25) is 5.02 Å². The Morgan fingerprint density at radius 3 is 2.52 bits per heavy atom. The molecule has 1 aromatic carbocycles. The maximum absolute atomic E-state index is 14.7. The molecule has 1 saturated heterocycles. The van der Waals surface area contributed by atoms with Gasteiger partial charge < -0.3 is 19.2 Å². The number of nitrogens with one attached hydrogen (secondary N) is 1. The Balaban J connectivity index is 1.22. The first-order chi connectivity index (χ1) is 15.7. The van der Waals surface area contributed by atoms with E-state index in [2.05, 4.69) is 20.3 Å². The largest absolute Gasteiger partial charge is 0.522 e. The molecule has 1 amide bonds. The van der Waals surface area contributed by atoms with Gasteiger partial charge in [0.05, 0.1) is 18.8 Å². The highest BCUT2D eigenvalue weighted by atomic mass is 35.5. The van der Waals surface area contributed by atoms with Gasteiger partial charge in [0.1, 0.15) is 11.9 Å². The van der Waals surface area contributed by atoms with Crippen molar-refractivity contribution in [1.29, 1.82) is 0 Å². The fourth-order valence-electron chi connectivity index (χ4n) is 3.64. The Hall–Kier alpha value is -2.44. The standard InChI is InChI=1S/C20H20ClF4N3O5/c21-11-1-3-13(4-2-11)30-9-16(29)26-12-7-15(22)17(31-8-12)19-28-27-18(32-19)10-5-14(6-10)33-20(23,24)25/h1-4,10,12,14-15,17H,5-9H2,(H,26,29)/t10-,12-,14+,15-,17+/m1/s1. The highest BCUT2D eigenvalue weighted by molar-refractivity contribution is 6.30. The predicted octanol–water partition coefficient (Wildman–Crippen LogP) is 3.87. The van der Waals surface area contributed by atoms with Gasteiger partial charge in [0.15, 0.2) is 12.7 Å². The van der Waals surface area contributed by atoms with Gasteiger partial charge >= 0.3 is 6.36 Å². The van der Waals surface area contributed by atoms with Crippen LogP contribution in [0.1, 0.15) is 43.1 Å². The lowest BCUT2D eigenvalue weighted by molar-refractivity contribution is -0.352. The molecule has 3 atom stereocenters. The Morgan fingerprint density at radius 2 is 1.85 bits per heavy atom. The van der Waals surface area contributed by atoms with Crippen molar-refractivity contribution in [3.05, 3.63) is 41.1 Å². The van der Waals surface area contributed by atoms with E-state index in [4.69, 9.17) is 25.5 Å². The summed E-state index contributed by atoms with van der Waals surface area (Å²) in [4.78, 5) is 12.1. The van der Waals surface area contributed by atoms with Crippen molar-refractivity contribution in [3.63, 3.8) is 0 Å². The molecule has 33 heavy (non-hydrogen) atoms. The molecule has 2 heterocycles. The summed E-state index contributed by atoms with van der Waals surface area (Å²) in [6, 6.07) is 5.91. The number of halogens is 5. The highest BCUT2D eigenvalue weighted by Gasteiger charge is 2.43. The van der Waals surface area contributed by atoms with Crippen molar-refractivity contribution in [2.45, 2.75) is 56.0 Å². The zero-order valence-electron chi connectivity index (χ0n) is 17.1. The number of nitrogens with zero attached hydrogens (tertiary/aromatic N) is 2. The van der Waals surface area contributed by atoms with Crippen molar-refractivity contribution in [1.82, 2.24) is 15.5 Å². The zero-order valence-corrected chi connectivity index (χ0v) is 17.8. The van der Waals surface area contributed by atoms with Crippen LogP contribution in [-0.4, -0.2) is 54.0 Å². The van der Waals surface area contributed by atoms with E-state index in [1.807, 2.05) is 0 Å². The summed E-state index contributed by atoms with van der Waals surface area (Å²) in [6.07, 6.45) is -8.18. The average Bonchev–Trinajstić information content (AvgIpc) is 3.18. The molecule has 0 radical (unpaired) electrons. The van der Waals surface area contributed by atoms with Crippen molar-refractivity contribution in [3.8, 4) is 5.75 Å². The highest BCUT2D eigenvalue weighted by Crippen LogP contribution is 2.41. The van der Waals surface area contributed by atoms with E-state index in [0.29, 0.717) is 10.8 Å². The molecule has 180 valence electrons. The summed E-state index contributed by atoms with van der Waals surface area (Å²) in [7, 11) is 0. The number of rotatable bonds is 7. The molecule has 2 aliphatic rings. The Bertz CT molecular complexity index is 952. The molecular weight excluding hydrogens is 474 g/mol. The quantitative estimate of drug-likeness (QED) is 0.585. The smallest absolute Gasteiger partial charge is 0.484 e. The second-order valence-electron chi connectivity index (χ2n) is 7.85. The van der Waals surface area contributed by atoms with Gasteiger partial charge in [0, 0.05) is 17.4 Å². The first-order valence-electron chi connectivity index (χ1n) is 10.2. The number of aromatic nitrogens is 2. The van der Waals surface area contributed by atoms with Gasteiger partial charge in [-0.15, -0.1) is 23.4 Å². The molecule has 0 spiro atoms. The maximum Gasteiger partial charge on any atom is 0.522 e. The molecule has 1 saturated carbocycles. The normalized spacial score (nSPS) is 27.6. The van der Waals surface area contributed by atoms with Gasteiger partial charge in [-0.1, -0.05) is 11.6 Å². The van der Waals surface area contributed by atoms with Crippen molar-refractivity contribution >= 4 is 17.5 Å². The fourth-order valence-corrected chi connectivity index (χ4v) is 3.77. The van der Waals surface area contributed by atoms with Crippen LogP contribution >= 0.6 is 11.6 Å². The number of carbonyl (C=O) groups is 1. The van der Waals surface area contributed by atoms with Crippen molar-refractivity contribution in [2.24, 2.45) is 0 Å². The number of hydrogen-bond acceptors (Lipinski definition) is 7. The van der Waals surface area contributed by atoms with E-state index >= 15 is 0 Å². The predicted molar refractivity (Wildman–Crippen MR) is 104 cm³/mol. The molecular formula is C20H20ClF4N3O5. The first kappa shape index (κ1) is 23.7. The van der Waals surface area contributed by atoms with Gasteiger partial charge in [-0.25, -0.2) is 4.39 Å². The molecule has 0 bridgehead atoms. The van der Waals surface area contributed by atoms with E-state index in [-0.39, 0.29) is 50.2 Å². The van der Waals surface area contributed by atoms with Crippen LogP contribution in [-0.2, 0) is 14.3 Å². The number of ether oxygens (including phenoxy) is 3. The van der Waals surface area contributed by atoms with Crippen LogP contribution in [0, 0.1) is 0 Å². The summed E-state index contributed by atoms with van der Waals surface area (Å²) in [5.41, 5.74) is 0. The Labute approximate surface area is 190 Å². The van der Waals surface area contributed by atoms with Crippen LogP contribution in [0.5, 0.6) is 5.75 Å². The van der Waals surface area contributed by atoms with Gasteiger partial charge in [-0.3, -0.25) is 9.53 Å². The van der Waals surface area contributed by atoms with Crippen LogP contribution in [0.4, 0.5) is 17.6 Å². The molecule has 8 nitrogen and oxygen atoms in total. The molecule has 0 unspecified atom stereocenters. The summed E-state index contributed by atoms with van der Waals surface area (Å²) in [5, 5.41) is 10.8. The summed E-state index contributed by atoms with van der Waals surface area (Å²) in [6.45, 7) is -0.244. The molecule has 1 N–H and O–H groups in total. The molecule has 2 fully saturated rings. The average molecular weight is 494 g/mol. The second kappa shape index (κ2) is 9.82. The minimum atomic E-state index is -4.69.